The molecule has 1 rings (SSSR count). The van der Waals surface area contributed by atoms with Crippen molar-refractivity contribution >= 4 is 6.08 Å². The van der Waals surface area contributed by atoms with Crippen molar-refractivity contribution in [2.75, 3.05) is 0 Å². The van der Waals surface area contributed by atoms with Gasteiger partial charge in [-0.2, -0.15) is 0 Å². The van der Waals surface area contributed by atoms with Crippen molar-refractivity contribution in [2.24, 2.45) is 5.92 Å². The number of benzene rings is 1. The molecular weight excluding hydrogens is 208 g/mol. The van der Waals surface area contributed by atoms with E-state index in [0.29, 0.717) is 6.42 Å². The van der Waals surface area contributed by atoms with E-state index in [4.69, 9.17) is 0 Å². The number of aliphatic hydroxyl groups is 1. The zero-order valence-corrected chi connectivity index (χ0v) is 10.8. The molecular formula is C16H22O. The highest BCUT2D eigenvalue weighted by atomic mass is 16.3. The van der Waals surface area contributed by atoms with E-state index in [1.54, 1.807) is 6.08 Å². The topological polar surface area (TPSA) is 20.2 Å². The fourth-order valence-electron chi connectivity index (χ4n) is 1.82. The molecule has 0 radical (unpaired) electrons. The first-order chi connectivity index (χ1) is 8.12. The number of hydrogen-bond donors (Lipinski definition) is 1. The predicted molar refractivity (Wildman–Crippen MR) is 74.7 cm³/mol. The van der Waals surface area contributed by atoms with Gasteiger partial charge in [0.05, 0.1) is 5.60 Å². The second-order valence-corrected chi connectivity index (χ2v) is 4.54. The fraction of sp³-hybridized carbons (Fsp3) is 0.375. The van der Waals surface area contributed by atoms with Gasteiger partial charge in [-0.1, -0.05) is 68.8 Å². The van der Waals surface area contributed by atoms with Gasteiger partial charge < -0.3 is 5.11 Å². The molecule has 0 bridgehead atoms. The molecule has 2 atom stereocenters. The van der Waals surface area contributed by atoms with Crippen LogP contribution in [-0.4, -0.2) is 10.7 Å². The molecule has 0 aliphatic carbocycles. The van der Waals surface area contributed by atoms with E-state index in [0.717, 1.165) is 12.0 Å². The molecule has 0 aromatic heterocycles. The van der Waals surface area contributed by atoms with E-state index in [-0.39, 0.29) is 5.92 Å². The van der Waals surface area contributed by atoms with Crippen LogP contribution in [0.1, 0.15) is 32.3 Å². The Labute approximate surface area is 104 Å². The highest BCUT2D eigenvalue weighted by Crippen LogP contribution is 2.27. The Kier molecular flexibility index (Phi) is 5.17. The third-order valence-electron chi connectivity index (χ3n) is 3.30. The van der Waals surface area contributed by atoms with Crippen molar-refractivity contribution in [1.82, 2.24) is 0 Å². The highest BCUT2D eigenvalue weighted by molar-refractivity contribution is 5.50. The van der Waals surface area contributed by atoms with Crippen molar-refractivity contribution in [3.05, 3.63) is 54.6 Å². The van der Waals surface area contributed by atoms with Gasteiger partial charge in [-0.3, -0.25) is 0 Å². The van der Waals surface area contributed by atoms with Gasteiger partial charge in [-0.05, 0) is 17.9 Å². The van der Waals surface area contributed by atoms with Crippen molar-refractivity contribution in [3.63, 3.8) is 0 Å². The summed E-state index contributed by atoms with van der Waals surface area (Å²) in [7, 11) is 0. The summed E-state index contributed by atoms with van der Waals surface area (Å²) in [5.41, 5.74) is 0.324. The van der Waals surface area contributed by atoms with Crippen LogP contribution in [0.3, 0.4) is 0 Å². The smallest absolute Gasteiger partial charge is 0.0890 e. The van der Waals surface area contributed by atoms with E-state index in [1.165, 1.54) is 0 Å². The normalized spacial score (nSPS) is 16.6. The van der Waals surface area contributed by atoms with E-state index in [1.807, 2.05) is 42.5 Å². The van der Waals surface area contributed by atoms with Gasteiger partial charge in [0.1, 0.15) is 0 Å². The summed E-state index contributed by atoms with van der Waals surface area (Å²) in [5, 5.41) is 10.6. The lowest BCUT2D eigenvalue weighted by molar-refractivity contribution is 0.0377. The molecule has 0 saturated carbocycles. The summed E-state index contributed by atoms with van der Waals surface area (Å²) in [6, 6.07) is 10.0. The quantitative estimate of drug-likeness (QED) is 0.731. The summed E-state index contributed by atoms with van der Waals surface area (Å²) in [5.74, 6) is 0.223. The monoisotopic (exact) mass is 230 g/mol. The Hall–Kier alpha value is -1.34. The van der Waals surface area contributed by atoms with Gasteiger partial charge in [0.2, 0.25) is 0 Å². The van der Waals surface area contributed by atoms with Crippen molar-refractivity contribution in [2.45, 2.75) is 32.3 Å². The molecule has 0 aliphatic heterocycles. The molecule has 0 spiro atoms. The summed E-state index contributed by atoms with van der Waals surface area (Å²) in [4.78, 5) is 0. The van der Waals surface area contributed by atoms with Crippen LogP contribution in [0.25, 0.3) is 6.08 Å². The summed E-state index contributed by atoms with van der Waals surface area (Å²) in [6.07, 6.45) is 7.20. The van der Waals surface area contributed by atoms with Crippen molar-refractivity contribution in [1.29, 1.82) is 0 Å². The Bertz CT molecular complexity index is 366. The van der Waals surface area contributed by atoms with Crippen LogP contribution in [0.15, 0.2) is 49.1 Å². The van der Waals surface area contributed by atoms with Gasteiger partial charge >= 0.3 is 0 Å². The van der Waals surface area contributed by atoms with E-state index in [2.05, 4.69) is 20.4 Å². The molecule has 2 unspecified atom stereocenters. The van der Waals surface area contributed by atoms with Crippen LogP contribution in [0.4, 0.5) is 0 Å². The maximum atomic E-state index is 10.6. The first kappa shape index (κ1) is 13.7. The minimum Gasteiger partial charge on any atom is -0.385 e. The van der Waals surface area contributed by atoms with Gasteiger partial charge in [0.15, 0.2) is 0 Å². The number of rotatable bonds is 6. The first-order valence-corrected chi connectivity index (χ1v) is 6.20. The van der Waals surface area contributed by atoms with Crippen LogP contribution in [0.2, 0.25) is 0 Å². The highest BCUT2D eigenvalue weighted by Gasteiger charge is 2.27. The molecule has 0 saturated heterocycles. The summed E-state index contributed by atoms with van der Waals surface area (Å²) >= 11 is 0. The molecule has 1 aromatic carbocycles. The third kappa shape index (κ3) is 3.86. The minimum atomic E-state index is -0.785. The Balaban J connectivity index is 2.86. The zero-order chi connectivity index (χ0) is 12.7. The van der Waals surface area contributed by atoms with Crippen LogP contribution >= 0.6 is 0 Å². The lowest BCUT2D eigenvalue weighted by Gasteiger charge is -2.29. The van der Waals surface area contributed by atoms with Crippen molar-refractivity contribution in [3.8, 4) is 0 Å². The summed E-state index contributed by atoms with van der Waals surface area (Å²) < 4.78 is 0. The van der Waals surface area contributed by atoms with Crippen LogP contribution < -0.4 is 0 Å². The molecule has 92 valence electrons. The largest absolute Gasteiger partial charge is 0.385 e. The minimum absolute atomic E-state index is 0.223. The van der Waals surface area contributed by atoms with Gasteiger partial charge in [-0.25, -0.2) is 0 Å². The number of hydrogen-bond acceptors (Lipinski definition) is 1. The van der Waals surface area contributed by atoms with Gasteiger partial charge in [0.25, 0.3) is 0 Å². The lowest BCUT2D eigenvalue weighted by Crippen LogP contribution is -2.33. The molecule has 0 amide bonds. The van der Waals surface area contributed by atoms with Gasteiger partial charge in [-0.15, -0.1) is 6.58 Å². The standard InChI is InChI=1S/C16H22O/c1-4-12-16(17,14(3)5-2)13-11-15-9-7-6-8-10-15/h4,6-11,13-14,17H,1,5,12H2,2-3H3. The van der Waals surface area contributed by atoms with Crippen LogP contribution in [0, 0.1) is 5.92 Å². The zero-order valence-electron chi connectivity index (χ0n) is 10.8. The third-order valence-corrected chi connectivity index (χ3v) is 3.30. The average molecular weight is 230 g/mol. The SMILES string of the molecule is C=CCC(O)(C=Cc1ccccc1)C(C)CC. The molecule has 1 aromatic rings. The second kappa shape index (κ2) is 6.41. The summed E-state index contributed by atoms with van der Waals surface area (Å²) in [6.45, 7) is 7.88. The second-order valence-electron chi connectivity index (χ2n) is 4.54. The van der Waals surface area contributed by atoms with E-state index in [9.17, 15) is 5.11 Å². The predicted octanol–water partition coefficient (Wildman–Crippen LogP) is 4.05. The van der Waals surface area contributed by atoms with Crippen molar-refractivity contribution < 1.29 is 5.11 Å². The molecule has 1 nitrogen and oxygen atoms in total. The van der Waals surface area contributed by atoms with E-state index < -0.39 is 5.60 Å². The van der Waals surface area contributed by atoms with E-state index >= 15 is 0 Å². The first-order valence-electron chi connectivity index (χ1n) is 6.20. The van der Waals surface area contributed by atoms with Crippen LogP contribution in [-0.2, 0) is 0 Å². The Morgan fingerprint density at radius 2 is 2.00 bits per heavy atom. The molecule has 0 heterocycles. The molecule has 0 fully saturated rings. The fourth-order valence-corrected chi connectivity index (χ4v) is 1.82. The van der Waals surface area contributed by atoms with Gasteiger partial charge in [0, 0.05) is 0 Å². The maximum absolute atomic E-state index is 10.6. The molecule has 1 heteroatoms. The maximum Gasteiger partial charge on any atom is 0.0890 e. The van der Waals surface area contributed by atoms with Crippen LogP contribution in [0.5, 0.6) is 0 Å². The lowest BCUT2D eigenvalue weighted by atomic mass is 9.83. The Morgan fingerprint density at radius 3 is 2.53 bits per heavy atom. The average Bonchev–Trinajstić information content (AvgIpc) is 2.37. The molecule has 1 N–H and O–H groups in total. The molecule has 17 heavy (non-hydrogen) atoms. The Morgan fingerprint density at radius 1 is 1.35 bits per heavy atom. The molecule has 0 aliphatic rings.